The van der Waals surface area contributed by atoms with Gasteiger partial charge in [-0.3, -0.25) is 4.79 Å². The molecule has 0 atom stereocenters. The average molecular weight is 334 g/mol. The van der Waals surface area contributed by atoms with Crippen molar-refractivity contribution in [2.75, 3.05) is 18.2 Å². The van der Waals surface area contributed by atoms with Crippen molar-refractivity contribution in [1.82, 2.24) is 4.98 Å². The monoisotopic (exact) mass is 334 g/mol. The van der Waals surface area contributed by atoms with Crippen LogP contribution in [-0.4, -0.2) is 32.2 Å². The highest BCUT2D eigenvalue weighted by Crippen LogP contribution is 2.16. The van der Waals surface area contributed by atoms with Gasteiger partial charge in [-0.2, -0.15) is 0 Å². The number of hydrogen-bond acceptors (Lipinski definition) is 5. The Hall–Kier alpha value is -2.41. The van der Waals surface area contributed by atoms with Crippen LogP contribution < -0.4 is 10.1 Å². The number of ether oxygens (including phenoxy) is 1. The van der Waals surface area contributed by atoms with E-state index in [-0.39, 0.29) is 23.2 Å². The van der Waals surface area contributed by atoms with Gasteiger partial charge in [0.25, 0.3) is 5.91 Å². The van der Waals surface area contributed by atoms with Gasteiger partial charge >= 0.3 is 0 Å². The molecule has 0 fully saturated rings. The number of carbonyl (C=O) groups excluding carboxylic acids is 1. The normalized spacial score (nSPS) is 11.1. The molecule has 0 saturated heterocycles. The van der Waals surface area contributed by atoms with E-state index in [4.69, 9.17) is 4.74 Å². The smallest absolute Gasteiger partial charge is 0.263 e. The Morgan fingerprint density at radius 1 is 1.17 bits per heavy atom. The summed E-state index contributed by atoms with van der Waals surface area (Å²) < 4.78 is 28.1. The van der Waals surface area contributed by atoms with Gasteiger partial charge in [0.15, 0.2) is 16.4 Å². The van der Waals surface area contributed by atoms with Crippen molar-refractivity contribution in [2.24, 2.45) is 0 Å². The highest BCUT2D eigenvalue weighted by molar-refractivity contribution is 7.90. The first-order valence-electron chi connectivity index (χ1n) is 6.91. The lowest BCUT2D eigenvalue weighted by molar-refractivity contribution is -0.118. The molecule has 0 aliphatic heterocycles. The zero-order chi connectivity index (χ0) is 17.0. The first-order valence-corrected chi connectivity index (χ1v) is 8.80. The number of sulfone groups is 1. The average Bonchev–Trinajstić information content (AvgIpc) is 2.44. The van der Waals surface area contributed by atoms with Crippen molar-refractivity contribution in [3.8, 4) is 5.75 Å². The van der Waals surface area contributed by atoms with Gasteiger partial charge in [0.2, 0.25) is 0 Å². The standard InChI is InChI=1S/C16H18N2O4S/c1-11-6-12(2)8-13(7-11)22-10-16(19)18-15-5-4-14(9-17-15)23(3,20)21/h4-9H,10H2,1-3H3,(H,17,18,19). The number of benzene rings is 1. The molecule has 7 heteroatoms. The van der Waals surface area contributed by atoms with E-state index in [9.17, 15) is 13.2 Å². The fourth-order valence-corrected chi connectivity index (χ4v) is 2.58. The van der Waals surface area contributed by atoms with Gasteiger partial charge in [-0.15, -0.1) is 0 Å². The number of carbonyl (C=O) groups is 1. The number of anilines is 1. The highest BCUT2D eigenvalue weighted by atomic mass is 32.2. The minimum Gasteiger partial charge on any atom is -0.484 e. The van der Waals surface area contributed by atoms with E-state index in [1.54, 1.807) is 0 Å². The Morgan fingerprint density at radius 2 is 1.83 bits per heavy atom. The molecule has 1 amide bonds. The predicted octanol–water partition coefficient (Wildman–Crippen LogP) is 2.12. The van der Waals surface area contributed by atoms with Crippen LogP contribution in [0.5, 0.6) is 5.75 Å². The Bertz CT molecular complexity index is 794. The summed E-state index contributed by atoms with van der Waals surface area (Å²) in [4.78, 5) is 15.8. The van der Waals surface area contributed by atoms with Crippen molar-refractivity contribution in [1.29, 1.82) is 0 Å². The van der Waals surface area contributed by atoms with Gasteiger partial charge in [0.1, 0.15) is 11.6 Å². The fourth-order valence-electron chi connectivity index (χ4n) is 2.02. The lowest BCUT2D eigenvalue weighted by Gasteiger charge is -2.09. The number of rotatable bonds is 5. The summed E-state index contributed by atoms with van der Waals surface area (Å²) in [7, 11) is -3.30. The Labute approximate surface area is 135 Å². The highest BCUT2D eigenvalue weighted by Gasteiger charge is 2.09. The molecule has 0 saturated carbocycles. The van der Waals surface area contributed by atoms with Crippen molar-refractivity contribution in [2.45, 2.75) is 18.7 Å². The molecule has 2 aromatic rings. The van der Waals surface area contributed by atoms with E-state index in [0.717, 1.165) is 17.4 Å². The first-order chi connectivity index (χ1) is 10.7. The SMILES string of the molecule is Cc1cc(C)cc(OCC(=O)Nc2ccc(S(C)(=O)=O)cn2)c1. The summed E-state index contributed by atoms with van der Waals surface area (Å²) in [5.74, 6) is 0.522. The molecule has 1 heterocycles. The van der Waals surface area contributed by atoms with Gasteiger partial charge in [-0.05, 0) is 49.2 Å². The summed E-state index contributed by atoms with van der Waals surface area (Å²) in [6.07, 6.45) is 2.30. The van der Waals surface area contributed by atoms with Crippen LogP contribution in [0.2, 0.25) is 0 Å². The van der Waals surface area contributed by atoms with Crippen LogP contribution in [0, 0.1) is 13.8 Å². The molecular formula is C16H18N2O4S. The summed E-state index contributed by atoms with van der Waals surface area (Å²) in [5.41, 5.74) is 2.11. The van der Waals surface area contributed by atoms with E-state index in [1.165, 1.54) is 18.3 Å². The molecule has 1 aromatic carbocycles. The Balaban J connectivity index is 1.94. The maximum absolute atomic E-state index is 11.8. The van der Waals surface area contributed by atoms with Crippen molar-refractivity contribution < 1.29 is 17.9 Å². The Morgan fingerprint density at radius 3 is 2.35 bits per heavy atom. The number of pyridine rings is 1. The van der Waals surface area contributed by atoms with E-state index in [2.05, 4.69) is 10.3 Å². The summed E-state index contributed by atoms with van der Waals surface area (Å²) in [6, 6.07) is 8.53. The first kappa shape index (κ1) is 17.0. The number of aryl methyl sites for hydroxylation is 2. The van der Waals surface area contributed by atoms with Gasteiger partial charge in [0, 0.05) is 12.5 Å². The van der Waals surface area contributed by atoms with Crippen LogP contribution in [0.25, 0.3) is 0 Å². The minimum absolute atomic E-state index is 0.0991. The van der Waals surface area contributed by atoms with E-state index in [0.29, 0.717) is 5.75 Å². The third-order valence-electron chi connectivity index (χ3n) is 3.00. The molecule has 0 aliphatic carbocycles. The van der Waals surface area contributed by atoms with Crippen LogP contribution in [0.4, 0.5) is 5.82 Å². The second kappa shape index (κ2) is 6.78. The second-order valence-electron chi connectivity index (χ2n) is 5.31. The van der Waals surface area contributed by atoms with Gasteiger partial charge in [-0.1, -0.05) is 6.07 Å². The molecular weight excluding hydrogens is 316 g/mol. The molecule has 0 aliphatic rings. The number of amides is 1. The molecule has 1 aromatic heterocycles. The van der Waals surface area contributed by atoms with Crippen molar-refractivity contribution in [3.05, 3.63) is 47.7 Å². The van der Waals surface area contributed by atoms with E-state index < -0.39 is 9.84 Å². The fraction of sp³-hybridized carbons (Fsp3) is 0.250. The molecule has 122 valence electrons. The lowest BCUT2D eigenvalue weighted by Crippen LogP contribution is -2.20. The molecule has 1 N–H and O–H groups in total. The largest absolute Gasteiger partial charge is 0.484 e. The van der Waals surface area contributed by atoms with Crippen LogP contribution in [-0.2, 0) is 14.6 Å². The quantitative estimate of drug-likeness (QED) is 0.905. The predicted molar refractivity (Wildman–Crippen MR) is 87.4 cm³/mol. The molecule has 2 rings (SSSR count). The Kier molecular flexibility index (Phi) is 5.00. The number of hydrogen-bond donors (Lipinski definition) is 1. The summed E-state index contributed by atoms with van der Waals surface area (Å²) >= 11 is 0. The summed E-state index contributed by atoms with van der Waals surface area (Å²) in [6.45, 7) is 3.75. The summed E-state index contributed by atoms with van der Waals surface area (Å²) in [5, 5.41) is 2.55. The second-order valence-corrected chi connectivity index (χ2v) is 7.33. The maximum atomic E-state index is 11.8. The van der Waals surface area contributed by atoms with Crippen LogP contribution in [0.3, 0.4) is 0 Å². The molecule has 6 nitrogen and oxygen atoms in total. The van der Waals surface area contributed by atoms with Crippen molar-refractivity contribution in [3.63, 3.8) is 0 Å². The van der Waals surface area contributed by atoms with Crippen molar-refractivity contribution >= 4 is 21.6 Å². The number of aromatic nitrogens is 1. The number of nitrogens with zero attached hydrogens (tertiary/aromatic N) is 1. The zero-order valence-electron chi connectivity index (χ0n) is 13.2. The topological polar surface area (TPSA) is 85.4 Å². The van der Waals surface area contributed by atoms with Gasteiger partial charge in [0.05, 0.1) is 4.90 Å². The van der Waals surface area contributed by atoms with E-state index >= 15 is 0 Å². The molecule has 0 radical (unpaired) electrons. The van der Waals surface area contributed by atoms with Crippen LogP contribution in [0.15, 0.2) is 41.4 Å². The molecule has 23 heavy (non-hydrogen) atoms. The number of nitrogens with one attached hydrogen (secondary N) is 1. The third-order valence-corrected chi connectivity index (χ3v) is 4.09. The zero-order valence-corrected chi connectivity index (χ0v) is 14.0. The lowest BCUT2D eigenvalue weighted by atomic mass is 10.1. The van der Waals surface area contributed by atoms with Crippen LogP contribution in [0.1, 0.15) is 11.1 Å². The maximum Gasteiger partial charge on any atom is 0.263 e. The molecule has 0 spiro atoms. The van der Waals surface area contributed by atoms with E-state index in [1.807, 2.05) is 32.0 Å². The molecule has 0 bridgehead atoms. The molecule has 0 unspecified atom stereocenters. The van der Waals surface area contributed by atoms with Crippen LogP contribution >= 0.6 is 0 Å². The van der Waals surface area contributed by atoms with Gasteiger partial charge in [-0.25, -0.2) is 13.4 Å². The third kappa shape index (κ3) is 5.07. The minimum atomic E-state index is -3.30. The van der Waals surface area contributed by atoms with Gasteiger partial charge < -0.3 is 10.1 Å².